The van der Waals surface area contributed by atoms with Gasteiger partial charge in [-0.3, -0.25) is 9.97 Å². The fraction of sp³-hybridized carbons (Fsp3) is 0. The second-order valence-electron chi connectivity index (χ2n) is 4.24. The van der Waals surface area contributed by atoms with Crippen molar-refractivity contribution in [3.8, 4) is 11.3 Å². The van der Waals surface area contributed by atoms with Crippen LogP contribution in [0.5, 0.6) is 0 Å². The van der Waals surface area contributed by atoms with Crippen molar-refractivity contribution in [1.29, 1.82) is 0 Å². The number of hydrogen-bond donors (Lipinski definition) is 2. The van der Waals surface area contributed by atoms with Gasteiger partial charge in [0.2, 0.25) is 0 Å². The molecule has 0 aliphatic carbocycles. The predicted octanol–water partition coefficient (Wildman–Crippen LogP) is 0.977. The van der Waals surface area contributed by atoms with Crippen LogP contribution in [0.3, 0.4) is 0 Å². The zero-order chi connectivity index (χ0) is 13.2. The highest BCUT2D eigenvalue weighted by Crippen LogP contribution is 2.20. The van der Waals surface area contributed by atoms with Gasteiger partial charge in [0.25, 0.3) is 0 Å². The Bertz CT molecular complexity index is 731. The van der Waals surface area contributed by atoms with Crippen LogP contribution in [0.15, 0.2) is 54.7 Å². The molecular weight excluding hydrogens is 239 g/mol. The Morgan fingerprint density at radius 2 is 1.79 bits per heavy atom. The number of hydrogen-bond acceptors (Lipinski definition) is 4. The number of benzene rings is 1. The molecule has 5 heteroatoms. The largest absolute Gasteiger partial charge is 0.508 e. The van der Waals surface area contributed by atoms with Crippen LogP contribution in [0.1, 0.15) is 0 Å². The van der Waals surface area contributed by atoms with Crippen molar-refractivity contribution >= 4 is 23.6 Å². The number of pyridine rings is 2. The average Bonchev–Trinajstić information content (AvgIpc) is 2.47. The first-order valence-corrected chi connectivity index (χ1v) is 5.92. The van der Waals surface area contributed by atoms with Crippen LogP contribution in [-0.2, 0) is 0 Å². The van der Waals surface area contributed by atoms with E-state index in [1.807, 2.05) is 36.4 Å². The third kappa shape index (κ3) is 2.34. The first-order chi connectivity index (χ1) is 9.24. The summed E-state index contributed by atoms with van der Waals surface area (Å²) in [5.41, 5.74) is 2.67. The summed E-state index contributed by atoms with van der Waals surface area (Å²) in [6.07, 6.45) is 1.73. The van der Waals surface area contributed by atoms with Gasteiger partial charge < -0.3 is 10.0 Å². The molecule has 2 heterocycles. The number of fused-ring (bicyclic) bond motifs is 1. The summed E-state index contributed by atoms with van der Waals surface area (Å²) in [4.78, 5) is 8.58. The van der Waals surface area contributed by atoms with Gasteiger partial charge in [-0.2, -0.15) is 0 Å². The Kier molecular flexibility index (Phi) is 2.99. The molecule has 3 rings (SSSR count). The van der Waals surface area contributed by atoms with Crippen molar-refractivity contribution in [2.45, 2.75) is 0 Å². The highest BCUT2D eigenvalue weighted by Gasteiger charge is 2.13. The lowest BCUT2D eigenvalue weighted by Gasteiger charge is -2.05. The zero-order valence-corrected chi connectivity index (χ0v) is 10.1. The van der Waals surface area contributed by atoms with Crippen LogP contribution in [0.2, 0.25) is 0 Å². The lowest BCUT2D eigenvalue weighted by Crippen LogP contribution is -2.32. The molecule has 92 valence electrons. The molecule has 0 aliphatic heterocycles. The Morgan fingerprint density at radius 3 is 2.63 bits per heavy atom. The van der Waals surface area contributed by atoms with Crippen LogP contribution in [0.4, 0.5) is 0 Å². The van der Waals surface area contributed by atoms with Crippen molar-refractivity contribution in [2.24, 2.45) is 0 Å². The minimum Gasteiger partial charge on any atom is -0.422 e. The summed E-state index contributed by atoms with van der Waals surface area (Å²) >= 11 is 0. The van der Waals surface area contributed by atoms with Crippen molar-refractivity contribution in [2.75, 3.05) is 0 Å². The maximum Gasteiger partial charge on any atom is 0.508 e. The lowest BCUT2D eigenvalue weighted by atomic mass is 9.85. The van der Waals surface area contributed by atoms with Gasteiger partial charge in [0.15, 0.2) is 0 Å². The van der Waals surface area contributed by atoms with E-state index < -0.39 is 7.12 Å². The van der Waals surface area contributed by atoms with Crippen molar-refractivity contribution < 1.29 is 10.0 Å². The standard InChI is InChI=1S/C14H11BN2O2/c18-15(19)14-7-3-6-13(17-14)11-8-10-4-1-2-5-12(10)16-9-11/h1-9,18-19H. The summed E-state index contributed by atoms with van der Waals surface area (Å²) < 4.78 is 0. The van der Waals surface area contributed by atoms with Gasteiger partial charge in [-0.15, -0.1) is 0 Å². The second kappa shape index (κ2) is 4.80. The summed E-state index contributed by atoms with van der Waals surface area (Å²) in [6.45, 7) is 0. The van der Waals surface area contributed by atoms with Gasteiger partial charge >= 0.3 is 7.12 Å². The quantitative estimate of drug-likeness (QED) is 0.665. The van der Waals surface area contributed by atoms with E-state index in [2.05, 4.69) is 9.97 Å². The lowest BCUT2D eigenvalue weighted by molar-refractivity contribution is 0.424. The summed E-state index contributed by atoms with van der Waals surface area (Å²) in [6, 6.07) is 14.9. The zero-order valence-electron chi connectivity index (χ0n) is 10.1. The molecule has 0 saturated heterocycles. The van der Waals surface area contributed by atoms with Crippen LogP contribution in [0, 0.1) is 0 Å². The van der Waals surface area contributed by atoms with Crippen LogP contribution in [0.25, 0.3) is 22.2 Å². The Labute approximate surface area is 110 Å². The molecule has 4 nitrogen and oxygen atoms in total. The van der Waals surface area contributed by atoms with Crippen molar-refractivity contribution in [1.82, 2.24) is 9.97 Å². The highest BCUT2D eigenvalue weighted by atomic mass is 16.4. The molecule has 0 spiro atoms. The molecule has 19 heavy (non-hydrogen) atoms. The van der Waals surface area contributed by atoms with Crippen LogP contribution >= 0.6 is 0 Å². The summed E-state index contributed by atoms with van der Waals surface area (Å²) in [7, 11) is -1.56. The van der Waals surface area contributed by atoms with Gasteiger partial charge in [-0.25, -0.2) is 0 Å². The van der Waals surface area contributed by atoms with E-state index in [4.69, 9.17) is 10.0 Å². The molecule has 0 bridgehead atoms. The van der Waals surface area contributed by atoms with Gasteiger partial charge in [-0.05, 0) is 24.3 Å². The maximum atomic E-state index is 9.14. The third-order valence-electron chi connectivity index (χ3n) is 2.92. The van der Waals surface area contributed by atoms with Crippen molar-refractivity contribution in [3.05, 3.63) is 54.7 Å². The SMILES string of the molecule is OB(O)c1cccc(-c2cnc3ccccc3c2)n1. The molecule has 3 aromatic rings. The summed E-state index contributed by atoms with van der Waals surface area (Å²) in [5, 5.41) is 19.3. The first kappa shape index (κ1) is 11.8. The normalized spacial score (nSPS) is 10.6. The summed E-state index contributed by atoms with van der Waals surface area (Å²) in [5.74, 6) is 0. The first-order valence-electron chi connectivity index (χ1n) is 5.92. The molecule has 0 saturated carbocycles. The smallest absolute Gasteiger partial charge is 0.422 e. The van der Waals surface area contributed by atoms with Gasteiger partial charge in [-0.1, -0.05) is 24.3 Å². The van der Waals surface area contributed by atoms with E-state index in [-0.39, 0.29) is 5.59 Å². The molecule has 0 fully saturated rings. The second-order valence-corrected chi connectivity index (χ2v) is 4.24. The fourth-order valence-corrected chi connectivity index (χ4v) is 1.97. The van der Waals surface area contributed by atoms with E-state index in [1.54, 1.807) is 18.3 Å². The fourth-order valence-electron chi connectivity index (χ4n) is 1.97. The molecule has 0 amide bonds. The molecule has 0 atom stereocenters. The predicted molar refractivity (Wildman–Crippen MR) is 74.8 cm³/mol. The number of rotatable bonds is 2. The van der Waals surface area contributed by atoms with Crippen LogP contribution < -0.4 is 5.59 Å². The molecule has 2 N–H and O–H groups in total. The average molecular weight is 250 g/mol. The Balaban J connectivity index is 2.11. The minimum atomic E-state index is -1.56. The van der Waals surface area contributed by atoms with E-state index in [0.29, 0.717) is 5.69 Å². The Morgan fingerprint density at radius 1 is 0.947 bits per heavy atom. The maximum absolute atomic E-state index is 9.14. The molecule has 0 unspecified atom stereocenters. The van der Waals surface area contributed by atoms with Crippen LogP contribution in [-0.4, -0.2) is 27.1 Å². The van der Waals surface area contributed by atoms with Crippen molar-refractivity contribution in [3.63, 3.8) is 0 Å². The van der Waals surface area contributed by atoms with Gasteiger partial charge in [0.05, 0.1) is 16.8 Å². The van der Waals surface area contributed by atoms with E-state index >= 15 is 0 Å². The van der Waals surface area contributed by atoms with E-state index in [9.17, 15) is 0 Å². The number of para-hydroxylation sites is 1. The molecule has 1 aromatic carbocycles. The molecule has 2 aromatic heterocycles. The number of nitrogens with zero attached hydrogens (tertiary/aromatic N) is 2. The van der Waals surface area contributed by atoms with Gasteiger partial charge in [0, 0.05) is 17.1 Å². The molecule has 0 aliphatic rings. The Hall–Kier alpha value is -2.24. The van der Waals surface area contributed by atoms with E-state index in [0.717, 1.165) is 16.5 Å². The minimum absolute atomic E-state index is 0.227. The monoisotopic (exact) mass is 250 g/mol. The van der Waals surface area contributed by atoms with E-state index in [1.165, 1.54) is 0 Å². The third-order valence-corrected chi connectivity index (χ3v) is 2.92. The van der Waals surface area contributed by atoms with Gasteiger partial charge in [0.1, 0.15) is 0 Å². The molecular formula is C14H11BN2O2. The molecule has 0 radical (unpaired) electrons. The number of aromatic nitrogens is 2. The topological polar surface area (TPSA) is 66.2 Å². The highest BCUT2D eigenvalue weighted by molar-refractivity contribution is 6.57.